The first-order valence-corrected chi connectivity index (χ1v) is 7.47. The van der Waals surface area contributed by atoms with E-state index >= 15 is 0 Å². The lowest BCUT2D eigenvalue weighted by Crippen LogP contribution is -2.36. The van der Waals surface area contributed by atoms with E-state index < -0.39 is 5.82 Å². The minimum Gasteiger partial charge on any atom is -0.355 e. The third-order valence-corrected chi connectivity index (χ3v) is 4.26. The molecule has 1 saturated heterocycles. The number of amides is 1. The molecule has 116 valence electrons. The third-order valence-electron chi connectivity index (χ3n) is 3.96. The Morgan fingerprint density at radius 1 is 1.52 bits per heavy atom. The molecule has 0 aliphatic carbocycles. The Kier molecular flexibility index (Phi) is 5.56. The molecule has 1 aliphatic rings. The van der Waals surface area contributed by atoms with E-state index in [1.165, 1.54) is 6.07 Å². The number of nitrogens with zero attached hydrogens (tertiary/aromatic N) is 1. The molecule has 2 atom stereocenters. The summed E-state index contributed by atoms with van der Waals surface area (Å²) < 4.78 is 13.7. The highest BCUT2D eigenvalue weighted by atomic mass is 35.5. The van der Waals surface area contributed by atoms with Crippen LogP contribution in [0.4, 0.5) is 4.39 Å². The summed E-state index contributed by atoms with van der Waals surface area (Å²) in [5.41, 5.74) is 0.907. The van der Waals surface area contributed by atoms with E-state index in [0.717, 1.165) is 18.5 Å². The van der Waals surface area contributed by atoms with E-state index in [9.17, 15) is 9.18 Å². The Bertz CT molecular complexity index is 512. The van der Waals surface area contributed by atoms with Crippen LogP contribution in [0.15, 0.2) is 18.2 Å². The lowest BCUT2D eigenvalue weighted by atomic mass is 9.93. The molecule has 0 saturated carbocycles. The van der Waals surface area contributed by atoms with Gasteiger partial charge in [-0.05, 0) is 50.7 Å². The molecule has 2 rings (SSSR count). The maximum atomic E-state index is 13.7. The zero-order valence-electron chi connectivity index (χ0n) is 12.3. The molecular weight excluding hydrogens is 293 g/mol. The van der Waals surface area contributed by atoms with Gasteiger partial charge in [-0.1, -0.05) is 17.7 Å². The van der Waals surface area contributed by atoms with E-state index in [1.54, 1.807) is 13.1 Å². The van der Waals surface area contributed by atoms with Crippen LogP contribution in [0.2, 0.25) is 5.02 Å². The summed E-state index contributed by atoms with van der Waals surface area (Å²) in [5, 5.41) is 5.88. The van der Waals surface area contributed by atoms with Gasteiger partial charge in [0.1, 0.15) is 5.82 Å². The SMILES string of the molecule is CNCC(=O)NCC1CCN(C)C1c1ccc(Cl)c(F)c1. The Hall–Kier alpha value is -1.17. The Morgan fingerprint density at radius 2 is 2.29 bits per heavy atom. The molecule has 1 aromatic rings. The van der Waals surface area contributed by atoms with Gasteiger partial charge in [0.15, 0.2) is 0 Å². The van der Waals surface area contributed by atoms with E-state index in [4.69, 9.17) is 11.6 Å². The van der Waals surface area contributed by atoms with Gasteiger partial charge in [-0.25, -0.2) is 4.39 Å². The van der Waals surface area contributed by atoms with E-state index in [0.29, 0.717) is 13.1 Å². The highest BCUT2D eigenvalue weighted by molar-refractivity contribution is 6.30. The van der Waals surface area contributed by atoms with Crippen molar-refractivity contribution in [1.82, 2.24) is 15.5 Å². The van der Waals surface area contributed by atoms with Crippen molar-refractivity contribution in [3.63, 3.8) is 0 Å². The monoisotopic (exact) mass is 313 g/mol. The fraction of sp³-hybridized carbons (Fsp3) is 0.533. The molecule has 21 heavy (non-hydrogen) atoms. The fourth-order valence-corrected chi connectivity index (χ4v) is 3.05. The van der Waals surface area contributed by atoms with Gasteiger partial charge in [-0.15, -0.1) is 0 Å². The number of likely N-dealkylation sites (N-methyl/N-ethyl adjacent to an activating group) is 1. The summed E-state index contributed by atoms with van der Waals surface area (Å²) in [6.07, 6.45) is 0.977. The number of carbonyl (C=O) groups excluding carboxylic acids is 1. The van der Waals surface area contributed by atoms with Gasteiger partial charge in [0.05, 0.1) is 11.6 Å². The quantitative estimate of drug-likeness (QED) is 0.871. The van der Waals surface area contributed by atoms with Gasteiger partial charge >= 0.3 is 0 Å². The lowest BCUT2D eigenvalue weighted by Gasteiger charge is -2.26. The second kappa shape index (κ2) is 7.20. The molecule has 0 spiro atoms. The van der Waals surface area contributed by atoms with Crippen LogP contribution in [-0.4, -0.2) is 44.5 Å². The molecule has 1 aromatic carbocycles. The Labute approximate surface area is 129 Å². The molecule has 1 amide bonds. The number of hydrogen-bond acceptors (Lipinski definition) is 3. The number of rotatable bonds is 5. The van der Waals surface area contributed by atoms with Crippen molar-refractivity contribution in [2.24, 2.45) is 5.92 Å². The molecule has 1 fully saturated rings. The number of nitrogens with one attached hydrogen (secondary N) is 2. The maximum absolute atomic E-state index is 13.7. The molecule has 2 unspecified atom stereocenters. The normalized spacial score (nSPS) is 22.5. The van der Waals surface area contributed by atoms with Gasteiger partial charge in [-0.2, -0.15) is 0 Å². The van der Waals surface area contributed by atoms with E-state index in [2.05, 4.69) is 15.5 Å². The Morgan fingerprint density at radius 3 is 2.95 bits per heavy atom. The van der Waals surface area contributed by atoms with Gasteiger partial charge in [0, 0.05) is 12.6 Å². The Balaban J connectivity index is 2.07. The summed E-state index contributed by atoms with van der Waals surface area (Å²) in [5.74, 6) is -0.142. The molecule has 0 bridgehead atoms. The largest absolute Gasteiger partial charge is 0.355 e. The summed E-state index contributed by atoms with van der Waals surface area (Å²) in [4.78, 5) is 13.8. The first-order valence-electron chi connectivity index (χ1n) is 7.09. The molecule has 1 heterocycles. The molecule has 0 aromatic heterocycles. The standard InChI is InChI=1S/C15H21ClFN3O/c1-18-9-14(21)19-8-11-5-6-20(2)15(11)10-3-4-12(16)13(17)7-10/h3-4,7,11,15,18H,5-6,8-9H2,1-2H3,(H,19,21). The van der Waals surface area contributed by atoms with Crippen molar-refractivity contribution in [3.05, 3.63) is 34.6 Å². The summed E-state index contributed by atoms with van der Waals surface area (Å²) in [6.45, 7) is 1.84. The van der Waals surface area contributed by atoms with Crippen LogP contribution in [0.25, 0.3) is 0 Å². The predicted octanol–water partition coefficient (Wildman–Crippen LogP) is 1.81. The first kappa shape index (κ1) is 16.2. The van der Waals surface area contributed by atoms with Crippen LogP contribution in [0.3, 0.4) is 0 Å². The van der Waals surface area contributed by atoms with Crippen molar-refractivity contribution >= 4 is 17.5 Å². The predicted molar refractivity (Wildman–Crippen MR) is 81.8 cm³/mol. The minimum atomic E-state index is -0.396. The fourth-order valence-electron chi connectivity index (χ4n) is 2.93. The zero-order chi connectivity index (χ0) is 15.4. The van der Waals surface area contributed by atoms with Crippen LogP contribution in [0, 0.1) is 11.7 Å². The number of carbonyl (C=O) groups is 1. The number of hydrogen-bond donors (Lipinski definition) is 2. The molecule has 0 radical (unpaired) electrons. The molecule has 6 heteroatoms. The third kappa shape index (κ3) is 3.93. The smallest absolute Gasteiger partial charge is 0.233 e. The van der Waals surface area contributed by atoms with Gasteiger partial charge in [0.25, 0.3) is 0 Å². The summed E-state index contributed by atoms with van der Waals surface area (Å²) in [7, 11) is 3.76. The number of halogens is 2. The average Bonchev–Trinajstić information content (AvgIpc) is 2.81. The van der Waals surface area contributed by atoms with Gasteiger partial charge in [-0.3, -0.25) is 9.69 Å². The average molecular weight is 314 g/mol. The maximum Gasteiger partial charge on any atom is 0.233 e. The van der Waals surface area contributed by atoms with Crippen molar-refractivity contribution in [1.29, 1.82) is 0 Å². The van der Waals surface area contributed by atoms with Crippen LogP contribution in [-0.2, 0) is 4.79 Å². The number of likely N-dealkylation sites (tertiary alicyclic amines) is 1. The van der Waals surface area contributed by atoms with Crippen LogP contribution < -0.4 is 10.6 Å². The molecule has 4 nitrogen and oxygen atoms in total. The van der Waals surface area contributed by atoms with Crippen molar-refractivity contribution in [2.45, 2.75) is 12.5 Å². The van der Waals surface area contributed by atoms with Gasteiger partial charge < -0.3 is 10.6 Å². The molecular formula is C15H21ClFN3O. The van der Waals surface area contributed by atoms with Crippen molar-refractivity contribution < 1.29 is 9.18 Å². The van der Waals surface area contributed by atoms with Crippen LogP contribution in [0.5, 0.6) is 0 Å². The van der Waals surface area contributed by atoms with Crippen molar-refractivity contribution in [2.75, 3.05) is 33.7 Å². The highest BCUT2D eigenvalue weighted by Crippen LogP contribution is 2.36. The summed E-state index contributed by atoms with van der Waals surface area (Å²) in [6, 6.07) is 5.05. The van der Waals surface area contributed by atoms with Crippen LogP contribution in [0.1, 0.15) is 18.0 Å². The highest BCUT2D eigenvalue weighted by Gasteiger charge is 2.33. The summed E-state index contributed by atoms with van der Waals surface area (Å²) >= 11 is 5.75. The molecule has 2 N–H and O–H groups in total. The first-order chi connectivity index (χ1) is 10.0. The zero-order valence-corrected chi connectivity index (χ0v) is 13.1. The van der Waals surface area contributed by atoms with E-state index in [1.807, 2.05) is 13.1 Å². The minimum absolute atomic E-state index is 0.0203. The number of benzene rings is 1. The molecule has 1 aliphatic heterocycles. The lowest BCUT2D eigenvalue weighted by molar-refractivity contribution is -0.120. The topological polar surface area (TPSA) is 44.4 Å². The van der Waals surface area contributed by atoms with E-state index in [-0.39, 0.29) is 22.9 Å². The van der Waals surface area contributed by atoms with Gasteiger partial charge in [0.2, 0.25) is 5.91 Å². The second-order valence-electron chi connectivity index (χ2n) is 5.48. The second-order valence-corrected chi connectivity index (χ2v) is 5.89. The van der Waals surface area contributed by atoms with Crippen molar-refractivity contribution in [3.8, 4) is 0 Å². The van der Waals surface area contributed by atoms with Crippen LogP contribution >= 0.6 is 11.6 Å².